The number of benzene rings is 2. The number of nitrogens with zero attached hydrogens (tertiary/aromatic N) is 2. The van der Waals surface area contributed by atoms with E-state index in [0.717, 1.165) is 12.0 Å². The summed E-state index contributed by atoms with van der Waals surface area (Å²) in [4.78, 5) is 16.8. The number of pyridine rings is 1. The van der Waals surface area contributed by atoms with Crippen molar-refractivity contribution in [3.63, 3.8) is 0 Å². The van der Waals surface area contributed by atoms with Gasteiger partial charge in [0.25, 0.3) is 5.91 Å². The zero-order valence-corrected chi connectivity index (χ0v) is 17.6. The highest BCUT2D eigenvalue weighted by Crippen LogP contribution is 2.22. The number of hydrogen-bond donors (Lipinski definition) is 1. The minimum absolute atomic E-state index is 0.142. The Hall–Kier alpha value is -3.64. The van der Waals surface area contributed by atoms with Crippen molar-refractivity contribution in [2.45, 2.75) is 20.0 Å². The molecule has 0 unspecified atom stereocenters. The van der Waals surface area contributed by atoms with Crippen LogP contribution in [-0.2, 0) is 13.0 Å². The number of hydrogen-bond acceptors (Lipinski definition) is 5. The van der Waals surface area contributed by atoms with E-state index in [-0.39, 0.29) is 18.2 Å². The third-order valence-electron chi connectivity index (χ3n) is 4.75. The van der Waals surface area contributed by atoms with Gasteiger partial charge in [0.05, 0.1) is 5.56 Å². The summed E-state index contributed by atoms with van der Waals surface area (Å²) in [5.41, 5.74) is 3.77. The summed E-state index contributed by atoms with van der Waals surface area (Å²) in [6.07, 6.45) is 4.35. The van der Waals surface area contributed by atoms with Gasteiger partial charge in [-0.05, 0) is 66.9 Å². The molecule has 0 atom stereocenters. The molecule has 4 aromatic rings. The van der Waals surface area contributed by atoms with Crippen molar-refractivity contribution in [2.75, 3.05) is 5.32 Å². The topological polar surface area (TPSA) is 77.3 Å². The number of amides is 1. The van der Waals surface area contributed by atoms with E-state index < -0.39 is 0 Å². The molecule has 2 aromatic heterocycles. The lowest BCUT2D eigenvalue weighted by Gasteiger charge is -2.08. The van der Waals surface area contributed by atoms with Gasteiger partial charge < -0.3 is 14.6 Å². The van der Waals surface area contributed by atoms with Gasteiger partial charge in [-0.25, -0.2) is 0 Å². The molecule has 2 aromatic carbocycles. The molecule has 4 rings (SSSR count). The number of anilines is 1. The molecule has 0 fully saturated rings. The Bertz CT molecular complexity index is 1170. The second-order valence-electron chi connectivity index (χ2n) is 7.00. The summed E-state index contributed by atoms with van der Waals surface area (Å²) in [6, 6.07) is 18.7. The van der Waals surface area contributed by atoms with Gasteiger partial charge >= 0.3 is 0 Å². The first-order valence-corrected chi connectivity index (χ1v) is 10.1. The molecule has 0 aliphatic rings. The maximum atomic E-state index is 12.8. The Labute approximate surface area is 184 Å². The highest BCUT2D eigenvalue weighted by Gasteiger charge is 2.20. The fourth-order valence-electron chi connectivity index (χ4n) is 3.08. The number of carbonyl (C=O) groups is 1. The second kappa shape index (κ2) is 9.45. The van der Waals surface area contributed by atoms with Crippen LogP contribution in [0.25, 0.3) is 0 Å². The van der Waals surface area contributed by atoms with Crippen LogP contribution in [0.15, 0.2) is 77.6 Å². The van der Waals surface area contributed by atoms with Crippen LogP contribution in [0.5, 0.6) is 5.75 Å². The van der Waals surface area contributed by atoms with Crippen molar-refractivity contribution in [1.82, 2.24) is 10.1 Å². The third kappa shape index (κ3) is 5.29. The quantitative estimate of drug-likeness (QED) is 0.419. The summed E-state index contributed by atoms with van der Waals surface area (Å²) in [5, 5.41) is 7.35. The smallest absolute Gasteiger partial charge is 0.278 e. The number of nitrogens with one attached hydrogen (secondary N) is 1. The number of aryl methyl sites for hydroxylation is 1. The second-order valence-corrected chi connectivity index (χ2v) is 7.43. The summed E-state index contributed by atoms with van der Waals surface area (Å²) >= 11 is 5.99. The normalized spacial score (nSPS) is 10.6. The standard InChI is InChI=1S/C24H20ClN3O3/c1-16-22(15-30-21-4-2-3-19(25)14-21)23(28-31-16)24(29)27-20-7-5-17(6-8-20)13-18-9-11-26-12-10-18/h2-12,14H,13,15H2,1H3,(H,27,29). The molecular weight excluding hydrogens is 414 g/mol. The SMILES string of the molecule is Cc1onc(C(=O)Nc2ccc(Cc3ccncc3)cc2)c1COc1cccc(Cl)c1. The third-order valence-corrected chi connectivity index (χ3v) is 4.98. The molecule has 7 heteroatoms. The van der Waals surface area contributed by atoms with Gasteiger partial charge in [-0.2, -0.15) is 0 Å². The zero-order valence-electron chi connectivity index (χ0n) is 16.8. The Morgan fingerprint density at radius 2 is 1.81 bits per heavy atom. The van der Waals surface area contributed by atoms with Crippen LogP contribution >= 0.6 is 11.6 Å². The Kier molecular flexibility index (Phi) is 6.29. The Morgan fingerprint density at radius 3 is 2.55 bits per heavy atom. The maximum Gasteiger partial charge on any atom is 0.278 e. The minimum Gasteiger partial charge on any atom is -0.489 e. The largest absolute Gasteiger partial charge is 0.489 e. The predicted octanol–water partition coefficient (Wildman–Crippen LogP) is 5.45. The molecule has 0 saturated carbocycles. The molecule has 6 nitrogen and oxygen atoms in total. The van der Waals surface area contributed by atoms with E-state index in [2.05, 4.69) is 15.5 Å². The van der Waals surface area contributed by atoms with Gasteiger partial charge in [0, 0.05) is 23.1 Å². The van der Waals surface area contributed by atoms with E-state index in [1.165, 1.54) is 5.56 Å². The fourth-order valence-corrected chi connectivity index (χ4v) is 3.26. The summed E-state index contributed by atoms with van der Waals surface area (Å²) in [7, 11) is 0. The lowest BCUT2D eigenvalue weighted by Crippen LogP contribution is -2.15. The first-order chi connectivity index (χ1) is 15.1. The minimum atomic E-state index is -0.358. The van der Waals surface area contributed by atoms with Crippen LogP contribution in [0.1, 0.15) is 32.9 Å². The number of rotatable bonds is 7. The monoisotopic (exact) mass is 433 g/mol. The van der Waals surface area contributed by atoms with Gasteiger partial charge in [0.1, 0.15) is 18.1 Å². The van der Waals surface area contributed by atoms with E-state index in [1.807, 2.05) is 36.4 Å². The zero-order chi connectivity index (χ0) is 21.6. The van der Waals surface area contributed by atoms with Gasteiger partial charge in [0.2, 0.25) is 0 Å². The van der Waals surface area contributed by atoms with Crippen molar-refractivity contribution in [3.8, 4) is 5.75 Å². The van der Waals surface area contributed by atoms with Crippen molar-refractivity contribution >= 4 is 23.2 Å². The molecule has 0 saturated heterocycles. The van der Waals surface area contributed by atoms with Crippen molar-refractivity contribution in [1.29, 1.82) is 0 Å². The maximum absolute atomic E-state index is 12.8. The fraction of sp³-hybridized carbons (Fsp3) is 0.125. The summed E-state index contributed by atoms with van der Waals surface area (Å²) < 4.78 is 11.0. The van der Waals surface area contributed by atoms with Gasteiger partial charge in [-0.15, -0.1) is 0 Å². The number of ether oxygens (including phenoxy) is 1. The molecule has 0 bridgehead atoms. The molecule has 0 aliphatic carbocycles. The molecule has 31 heavy (non-hydrogen) atoms. The number of aromatic nitrogens is 2. The molecule has 2 heterocycles. The van der Waals surface area contributed by atoms with E-state index in [1.54, 1.807) is 43.6 Å². The van der Waals surface area contributed by atoms with Crippen molar-refractivity contribution < 1.29 is 14.1 Å². The summed E-state index contributed by atoms with van der Waals surface area (Å²) in [6.45, 7) is 1.89. The van der Waals surface area contributed by atoms with Gasteiger partial charge in [-0.1, -0.05) is 35.0 Å². The van der Waals surface area contributed by atoms with Crippen LogP contribution in [-0.4, -0.2) is 16.0 Å². The highest BCUT2D eigenvalue weighted by molar-refractivity contribution is 6.30. The molecule has 1 amide bonds. The van der Waals surface area contributed by atoms with Crippen LogP contribution in [0.4, 0.5) is 5.69 Å². The average molecular weight is 434 g/mol. The molecular formula is C24H20ClN3O3. The lowest BCUT2D eigenvalue weighted by molar-refractivity contribution is 0.101. The predicted molar refractivity (Wildman–Crippen MR) is 118 cm³/mol. The van der Waals surface area contributed by atoms with Crippen LogP contribution < -0.4 is 10.1 Å². The average Bonchev–Trinajstić information content (AvgIpc) is 3.15. The van der Waals surface area contributed by atoms with Crippen molar-refractivity contribution in [3.05, 3.63) is 106 Å². The lowest BCUT2D eigenvalue weighted by atomic mass is 10.1. The highest BCUT2D eigenvalue weighted by atomic mass is 35.5. The molecule has 0 radical (unpaired) electrons. The van der Waals surface area contributed by atoms with Crippen LogP contribution in [0.3, 0.4) is 0 Å². The Morgan fingerprint density at radius 1 is 1.06 bits per heavy atom. The van der Waals surface area contributed by atoms with Crippen molar-refractivity contribution in [2.24, 2.45) is 0 Å². The van der Waals surface area contributed by atoms with Gasteiger partial charge in [0.15, 0.2) is 5.69 Å². The molecule has 156 valence electrons. The van der Waals surface area contributed by atoms with E-state index >= 15 is 0 Å². The first-order valence-electron chi connectivity index (χ1n) is 9.71. The van der Waals surface area contributed by atoms with E-state index in [0.29, 0.717) is 27.8 Å². The summed E-state index contributed by atoms with van der Waals surface area (Å²) in [5.74, 6) is 0.771. The van der Waals surface area contributed by atoms with Crippen LogP contribution in [0.2, 0.25) is 5.02 Å². The van der Waals surface area contributed by atoms with Gasteiger partial charge in [-0.3, -0.25) is 9.78 Å². The van der Waals surface area contributed by atoms with Crippen LogP contribution in [0, 0.1) is 6.92 Å². The molecule has 1 N–H and O–H groups in total. The Balaban J connectivity index is 1.41. The van der Waals surface area contributed by atoms with E-state index in [4.69, 9.17) is 20.9 Å². The molecule has 0 aliphatic heterocycles. The molecule has 0 spiro atoms. The number of carbonyl (C=O) groups excluding carboxylic acids is 1. The first kappa shape index (κ1) is 20.6. The number of halogens is 1. The van der Waals surface area contributed by atoms with E-state index in [9.17, 15) is 4.79 Å².